The van der Waals surface area contributed by atoms with Gasteiger partial charge in [0.05, 0.1) is 11.7 Å². The van der Waals surface area contributed by atoms with Crippen molar-refractivity contribution < 1.29 is 0 Å². The van der Waals surface area contributed by atoms with Crippen molar-refractivity contribution in [3.63, 3.8) is 0 Å². The highest BCUT2D eigenvalue weighted by atomic mass is 32.1. The van der Waals surface area contributed by atoms with E-state index in [0.29, 0.717) is 0 Å². The average molecular weight is 284 g/mol. The Labute approximate surface area is 121 Å². The summed E-state index contributed by atoms with van der Waals surface area (Å²) in [6, 6.07) is 8.30. The second-order valence-corrected chi connectivity index (χ2v) is 6.12. The molecular weight excluding hydrogens is 268 g/mol. The van der Waals surface area contributed by atoms with Gasteiger partial charge in [0.25, 0.3) is 0 Å². The monoisotopic (exact) mass is 284 g/mol. The van der Waals surface area contributed by atoms with Gasteiger partial charge in [-0.15, -0.1) is 16.4 Å². The van der Waals surface area contributed by atoms with Crippen molar-refractivity contribution in [1.29, 1.82) is 0 Å². The Balaban J connectivity index is 1.97. The first-order valence-electron chi connectivity index (χ1n) is 6.56. The van der Waals surface area contributed by atoms with Gasteiger partial charge in [-0.1, -0.05) is 24.3 Å². The van der Waals surface area contributed by atoms with Crippen LogP contribution in [0.5, 0.6) is 0 Å². The fraction of sp³-hybridized carbons (Fsp3) is 0.267. The molecule has 5 heteroatoms. The van der Waals surface area contributed by atoms with E-state index >= 15 is 0 Å². The minimum Gasteiger partial charge on any atom is -0.359 e. The van der Waals surface area contributed by atoms with Crippen LogP contribution >= 0.6 is 11.3 Å². The van der Waals surface area contributed by atoms with E-state index in [1.54, 1.807) is 11.3 Å². The standard InChI is InChI=1S/C15H16N4S/c1-9-8-16-15(20-9)11(3)17-14-13-7-5-4-6-12(13)10(2)18-19-14/h4-8,11H,1-3H3,(H,17,19). The van der Waals surface area contributed by atoms with Gasteiger partial charge in [-0.05, 0) is 20.8 Å². The number of hydrogen-bond donors (Lipinski definition) is 1. The van der Waals surface area contributed by atoms with E-state index < -0.39 is 0 Å². The van der Waals surface area contributed by atoms with Crippen molar-refractivity contribution in [3.05, 3.63) is 46.0 Å². The van der Waals surface area contributed by atoms with Gasteiger partial charge in [-0.2, -0.15) is 5.10 Å². The Bertz CT molecular complexity index is 750. The van der Waals surface area contributed by atoms with Gasteiger partial charge in [-0.3, -0.25) is 0 Å². The van der Waals surface area contributed by atoms with Crippen molar-refractivity contribution in [1.82, 2.24) is 15.2 Å². The fourth-order valence-corrected chi connectivity index (χ4v) is 2.96. The van der Waals surface area contributed by atoms with Crippen LogP contribution in [-0.2, 0) is 0 Å². The maximum Gasteiger partial charge on any atom is 0.157 e. The van der Waals surface area contributed by atoms with Crippen LogP contribution in [-0.4, -0.2) is 15.2 Å². The summed E-state index contributed by atoms with van der Waals surface area (Å²) in [6.07, 6.45) is 1.90. The molecule has 20 heavy (non-hydrogen) atoms. The van der Waals surface area contributed by atoms with Crippen LogP contribution in [0.15, 0.2) is 30.5 Å². The molecule has 0 aliphatic heterocycles. The molecule has 3 aromatic rings. The molecule has 0 radical (unpaired) electrons. The maximum atomic E-state index is 4.42. The highest BCUT2D eigenvalue weighted by molar-refractivity contribution is 7.11. The van der Waals surface area contributed by atoms with Crippen LogP contribution in [0.3, 0.4) is 0 Å². The lowest BCUT2D eigenvalue weighted by molar-refractivity contribution is 0.850. The zero-order valence-electron chi connectivity index (χ0n) is 11.7. The van der Waals surface area contributed by atoms with E-state index in [2.05, 4.69) is 46.5 Å². The zero-order valence-corrected chi connectivity index (χ0v) is 12.5. The molecule has 102 valence electrons. The van der Waals surface area contributed by atoms with Crippen LogP contribution < -0.4 is 5.32 Å². The highest BCUT2D eigenvalue weighted by Gasteiger charge is 2.13. The summed E-state index contributed by atoms with van der Waals surface area (Å²) in [5.74, 6) is 0.812. The van der Waals surface area contributed by atoms with Gasteiger partial charge in [0, 0.05) is 21.8 Å². The number of thiazole rings is 1. The first-order chi connectivity index (χ1) is 9.65. The Hall–Kier alpha value is -2.01. The van der Waals surface area contributed by atoms with Gasteiger partial charge >= 0.3 is 0 Å². The number of aryl methyl sites for hydroxylation is 2. The average Bonchev–Trinajstić information content (AvgIpc) is 2.89. The van der Waals surface area contributed by atoms with Crippen molar-refractivity contribution in [2.24, 2.45) is 0 Å². The van der Waals surface area contributed by atoms with Gasteiger partial charge in [0.1, 0.15) is 5.01 Å². The first-order valence-corrected chi connectivity index (χ1v) is 7.37. The van der Waals surface area contributed by atoms with Crippen molar-refractivity contribution >= 4 is 27.9 Å². The van der Waals surface area contributed by atoms with Gasteiger partial charge < -0.3 is 5.32 Å². The van der Waals surface area contributed by atoms with Gasteiger partial charge in [0.15, 0.2) is 5.82 Å². The lowest BCUT2D eigenvalue weighted by atomic mass is 10.1. The number of anilines is 1. The predicted molar refractivity (Wildman–Crippen MR) is 83.2 cm³/mol. The number of rotatable bonds is 3. The maximum absolute atomic E-state index is 4.42. The summed E-state index contributed by atoms with van der Waals surface area (Å²) in [5, 5.41) is 15.2. The molecule has 2 aromatic heterocycles. The molecule has 4 nitrogen and oxygen atoms in total. The smallest absolute Gasteiger partial charge is 0.157 e. The number of nitrogens with zero attached hydrogens (tertiary/aromatic N) is 3. The lowest BCUT2D eigenvalue weighted by Gasteiger charge is -2.13. The molecule has 0 saturated carbocycles. The Morgan fingerprint density at radius 1 is 1.10 bits per heavy atom. The first kappa shape index (κ1) is 13.0. The molecule has 0 saturated heterocycles. The fourth-order valence-electron chi connectivity index (χ4n) is 2.18. The Morgan fingerprint density at radius 3 is 2.55 bits per heavy atom. The van der Waals surface area contributed by atoms with Crippen LogP contribution in [0.1, 0.15) is 28.5 Å². The SMILES string of the molecule is Cc1cnc(C(C)Nc2nnc(C)c3ccccc23)s1. The van der Waals surface area contributed by atoms with E-state index in [0.717, 1.165) is 27.3 Å². The number of fused-ring (bicyclic) bond motifs is 1. The second-order valence-electron chi connectivity index (χ2n) is 4.85. The summed E-state index contributed by atoms with van der Waals surface area (Å²) in [4.78, 5) is 5.63. The molecule has 1 N–H and O–H groups in total. The van der Waals surface area contributed by atoms with E-state index in [9.17, 15) is 0 Å². The van der Waals surface area contributed by atoms with E-state index in [-0.39, 0.29) is 6.04 Å². The van der Waals surface area contributed by atoms with Gasteiger partial charge in [0.2, 0.25) is 0 Å². The van der Waals surface area contributed by atoms with E-state index in [1.165, 1.54) is 4.88 Å². The quantitative estimate of drug-likeness (QED) is 0.793. The van der Waals surface area contributed by atoms with Crippen LogP contribution in [0.2, 0.25) is 0 Å². The molecule has 0 fully saturated rings. The summed E-state index contributed by atoms with van der Waals surface area (Å²) in [5.41, 5.74) is 0.948. The topological polar surface area (TPSA) is 50.7 Å². The number of hydrogen-bond acceptors (Lipinski definition) is 5. The Kier molecular flexibility index (Phi) is 3.36. The third-order valence-corrected chi connectivity index (χ3v) is 4.33. The molecule has 1 unspecified atom stereocenters. The predicted octanol–water partition coefficient (Wildman–Crippen LogP) is 3.88. The molecule has 1 atom stereocenters. The molecule has 3 rings (SSSR count). The number of benzene rings is 1. The van der Waals surface area contributed by atoms with Crippen LogP contribution in [0.25, 0.3) is 10.8 Å². The van der Waals surface area contributed by atoms with E-state index in [1.807, 2.05) is 25.3 Å². The molecule has 1 aromatic carbocycles. The lowest BCUT2D eigenvalue weighted by Crippen LogP contribution is -2.09. The Morgan fingerprint density at radius 2 is 1.85 bits per heavy atom. The largest absolute Gasteiger partial charge is 0.359 e. The molecule has 0 aliphatic carbocycles. The van der Waals surface area contributed by atoms with E-state index in [4.69, 9.17) is 0 Å². The third kappa shape index (κ3) is 2.36. The number of aromatic nitrogens is 3. The van der Waals surface area contributed by atoms with Gasteiger partial charge in [-0.25, -0.2) is 4.98 Å². The molecule has 2 heterocycles. The normalized spacial score (nSPS) is 12.6. The number of nitrogens with one attached hydrogen (secondary N) is 1. The molecule has 0 bridgehead atoms. The molecule has 0 aliphatic rings. The van der Waals surface area contributed by atoms with Crippen molar-refractivity contribution in [2.75, 3.05) is 5.32 Å². The minimum absolute atomic E-state index is 0.120. The summed E-state index contributed by atoms with van der Waals surface area (Å²) < 4.78 is 0. The molecule has 0 amide bonds. The summed E-state index contributed by atoms with van der Waals surface area (Å²) >= 11 is 1.70. The van der Waals surface area contributed by atoms with Crippen molar-refractivity contribution in [3.8, 4) is 0 Å². The minimum atomic E-state index is 0.120. The zero-order chi connectivity index (χ0) is 14.1. The summed E-state index contributed by atoms with van der Waals surface area (Å²) in [6.45, 7) is 6.14. The van der Waals surface area contributed by atoms with Crippen molar-refractivity contribution in [2.45, 2.75) is 26.8 Å². The second kappa shape index (κ2) is 5.17. The molecule has 0 spiro atoms. The highest BCUT2D eigenvalue weighted by Crippen LogP contribution is 2.27. The summed E-state index contributed by atoms with van der Waals surface area (Å²) in [7, 11) is 0. The van der Waals surface area contributed by atoms with Crippen LogP contribution in [0, 0.1) is 13.8 Å². The van der Waals surface area contributed by atoms with Crippen LogP contribution in [0.4, 0.5) is 5.82 Å². The molecular formula is C15H16N4S. The third-order valence-electron chi connectivity index (χ3n) is 3.23.